The van der Waals surface area contributed by atoms with Crippen LogP contribution in [0.5, 0.6) is 0 Å². The minimum atomic E-state index is -0.0463. The fourth-order valence-corrected chi connectivity index (χ4v) is 2.27. The van der Waals surface area contributed by atoms with Crippen LogP contribution in [0, 0.1) is 0 Å². The third kappa shape index (κ3) is 4.60. The van der Waals surface area contributed by atoms with Crippen molar-refractivity contribution >= 4 is 17.3 Å². The summed E-state index contributed by atoms with van der Waals surface area (Å²) in [7, 11) is 0. The van der Waals surface area contributed by atoms with E-state index >= 15 is 0 Å². The lowest BCUT2D eigenvalue weighted by Crippen LogP contribution is -2.40. The van der Waals surface area contributed by atoms with Crippen LogP contribution >= 0.6 is 0 Å². The largest absolute Gasteiger partial charge is 0.365 e. The molecule has 0 aliphatic heterocycles. The quantitative estimate of drug-likeness (QED) is 0.827. The Labute approximate surface area is 126 Å². The summed E-state index contributed by atoms with van der Waals surface area (Å²) in [6.07, 6.45) is 4.14. The van der Waals surface area contributed by atoms with Crippen molar-refractivity contribution in [1.82, 2.24) is 0 Å². The zero-order chi connectivity index (χ0) is 15.1. The summed E-state index contributed by atoms with van der Waals surface area (Å²) in [6, 6.07) is 14.1. The second-order valence-electron chi connectivity index (χ2n) is 4.92. The molecule has 4 nitrogen and oxygen atoms in total. The Hall–Kier alpha value is -2.36. The molecule has 0 aliphatic rings. The standard InChI is InChI=1S/C17H21N3O/c1-3-20(13-12-19-10-5-4-6-11-19)17-9-7-8-16(14-17)18-15(2)21/h4-11,14H,3,12-13H2,1-2H3/p+1. The van der Waals surface area contributed by atoms with Gasteiger partial charge in [-0.15, -0.1) is 0 Å². The van der Waals surface area contributed by atoms with Crippen LogP contribution in [0.4, 0.5) is 11.4 Å². The number of aromatic nitrogens is 1. The van der Waals surface area contributed by atoms with Crippen molar-refractivity contribution < 1.29 is 9.36 Å². The molecule has 0 saturated carbocycles. The number of benzene rings is 1. The van der Waals surface area contributed by atoms with E-state index in [0.717, 1.165) is 31.0 Å². The van der Waals surface area contributed by atoms with Crippen molar-refractivity contribution in [2.24, 2.45) is 0 Å². The Morgan fingerprint density at radius 1 is 1.19 bits per heavy atom. The molecule has 0 fully saturated rings. The van der Waals surface area contributed by atoms with Crippen molar-refractivity contribution in [1.29, 1.82) is 0 Å². The van der Waals surface area contributed by atoms with Gasteiger partial charge in [-0.1, -0.05) is 12.1 Å². The summed E-state index contributed by atoms with van der Waals surface area (Å²) < 4.78 is 2.17. The lowest BCUT2D eigenvalue weighted by atomic mass is 10.2. The SMILES string of the molecule is CCN(CC[n+]1ccccc1)c1cccc(NC(C)=O)c1. The van der Waals surface area contributed by atoms with E-state index in [2.05, 4.69) is 40.2 Å². The lowest BCUT2D eigenvalue weighted by Gasteiger charge is -2.22. The number of carbonyl (C=O) groups is 1. The van der Waals surface area contributed by atoms with Gasteiger partial charge in [0, 0.05) is 37.0 Å². The van der Waals surface area contributed by atoms with E-state index in [1.165, 1.54) is 6.92 Å². The van der Waals surface area contributed by atoms with Gasteiger partial charge in [0.2, 0.25) is 5.91 Å². The zero-order valence-electron chi connectivity index (χ0n) is 12.6. The summed E-state index contributed by atoms with van der Waals surface area (Å²) in [4.78, 5) is 13.4. The number of pyridine rings is 1. The predicted octanol–water partition coefficient (Wildman–Crippen LogP) is 2.46. The average Bonchev–Trinajstić information content (AvgIpc) is 2.49. The van der Waals surface area contributed by atoms with Gasteiger partial charge in [0.1, 0.15) is 0 Å². The van der Waals surface area contributed by atoms with Gasteiger partial charge in [-0.2, -0.15) is 0 Å². The van der Waals surface area contributed by atoms with Crippen molar-refractivity contribution in [3.8, 4) is 0 Å². The van der Waals surface area contributed by atoms with Gasteiger partial charge in [0.05, 0.1) is 6.54 Å². The molecular weight excluding hydrogens is 262 g/mol. The average molecular weight is 284 g/mol. The topological polar surface area (TPSA) is 36.2 Å². The number of hydrogen-bond donors (Lipinski definition) is 1. The first-order valence-electron chi connectivity index (χ1n) is 7.25. The van der Waals surface area contributed by atoms with E-state index in [4.69, 9.17) is 0 Å². The van der Waals surface area contributed by atoms with Crippen LogP contribution in [0.3, 0.4) is 0 Å². The first-order valence-corrected chi connectivity index (χ1v) is 7.25. The maximum Gasteiger partial charge on any atom is 0.221 e. The molecule has 1 heterocycles. The molecule has 0 atom stereocenters. The zero-order valence-corrected chi connectivity index (χ0v) is 12.6. The van der Waals surface area contributed by atoms with E-state index in [1.54, 1.807) is 0 Å². The molecule has 0 bridgehead atoms. The Balaban J connectivity index is 2.05. The van der Waals surface area contributed by atoms with Gasteiger partial charge in [0.15, 0.2) is 18.9 Å². The molecule has 21 heavy (non-hydrogen) atoms. The third-order valence-corrected chi connectivity index (χ3v) is 3.32. The molecule has 1 aromatic carbocycles. The number of amides is 1. The molecule has 4 heteroatoms. The van der Waals surface area contributed by atoms with Crippen LogP contribution in [0.2, 0.25) is 0 Å². The van der Waals surface area contributed by atoms with Gasteiger partial charge >= 0.3 is 0 Å². The number of likely N-dealkylation sites (N-methyl/N-ethyl adjacent to an activating group) is 1. The Morgan fingerprint density at radius 2 is 1.95 bits per heavy atom. The monoisotopic (exact) mass is 284 g/mol. The normalized spacial score (nSPS) is 10.2. The van der Waals surface area contributed by atoms with Crippen LogP contribution in [0.15, 0.2) is 54.9 Å². The number of carbonyl (C=O) groups excluding carboxylic acids is 1. The molecule has 110 valence electrons. The van der Waals surface area contributed by atoms with Gasteiger partial charge in [-0.3, -0.25) is 4.79 Å². The molecule has 0 unspecified atom stereocenters. The van der Waals surface area contributed by atoms with Gasteiger partial charge in [-0.25, -0.2) is 4.57 Å². The number of nitrogens with one attached hydrogen (secondary N) is 1. The van der Waals surface area contributed by atoms with Crippen LogP contribution in [0.1, 0.15) is 13.8 Å². The smallest absolute Gasteiger partial charge is 0.221 e. The number of rotatable bonds is 6. The van der Waals surface area contributed by atoms with Crippen molar-refractivity contribution in [2.45, 2.75) is 20.4 Å². The van der Waals surface area contributed by atoms with E-state index in [-0.39, 0.29) is 5.91 Å². The van der Waals surface area contributed by atoms with Crippen LogP contribution < -0.4 is 14.8 Å². The maximum atomic E-state index is 11.1. The van der Waals surface area contributed by atoms with E-state index in [1.807, 2.05) is 36.4 Å². The van der Waals surface area contributed by atoms with E-state index < -0.39 is 0 Å². The van der Waals surface area contributed by atoms with Crippen molar-refractivity contribution in [3.05, 3.63) is 54.9 Å². The minimum Gasteiger partial charge on any atom is -0.365 e. The molecule has 1 amide bonds. The molecule has 0 spiro atoms. The lowest BCUT2D eigenvalue weighted by molar-refractivity contribution is -0.694. The molecule has 2 rings (SSSR count). The summed E-state index contributed by atoms with van der Waals surface area (Å²) in [5.41, 5.74) is 1.96. The molecule has 0 saturated heterocycles. The Bertz CT molecular complexity index is 584. The minimum absolute atomic E-state index is 0.0463. The fourth-order valence-electron chi connectivity index (χ4n) is 2.27. The van der Waals surface area contributed by atoms with Crippen LogP contribution in [0.25, 0.3) is 0 Å². The Kier molecular flexibility index (Phi) is 5.32. The van der Waals surface area contributed by atoms with E-state index in [9.17, 15) is 4.79 Å². The summed E-state index contributed by atoms with van der Waals surface area (Å²) in [5.74, 6) is -0.0463. The third-order valence-electron chi connectivity index (χ3n) is 3.32. The first-order chi connectivity index (χ1) is 10.2. The molecule has 0 aliphatic carbocycles. The highest BCUT2D eigenvalue weighted by Crippen LogP contribution is 2.19. The molecule has 2 aromatic rings. The highest BCUT2D eigenvalue weighted by atomic mass is 16.1. The maximum absolute atomic E-state index is 11.1. The molecule has 1 N–H and O–H groups in total. The summed E-state index contributed by atoms with van der Waals surface area (Å²) in [6.45, 7) is 6.45. The summed E-state index contributed by atoms with van der Waals surface area (Å²) in [5, 5.41) is 2.83. The van der Waals surface area contributed by atoms with Crippen LogP contribution in [-0.4, -0.2) is 19.0 Å². The van der Waals surface area contributed by atoms with Gasteiger partial charge < -0.3 is 10.2 Å². The second kappa shape index (κ2) is 7.43. The fraction of sp³-hybridized carbons (Fsp3) is 0.294. The highest BCUT2D eigenvalue weighted by Gasteiger charge is 2.08. The van der Waals surface area contributed by atoms with Crippen LogP contribution in [-0.2, 0) is 11.3 Å². The first kappa shape index (κ1) is 15.0. The van der Waals surface area contributed by atoms with Gasteiger partial charge in [-0.05, 0) is 25.1 Å². The molecule has 1 aromatic heterocycles. The highest BCUT2D eigenvalue weighted by molar-refractivity contribution is 5.89. The molecular formula is C17H22N3O+. The number of anilines is 2. The number of hydrogen-bond acceptors (Lipinski definition) is 2. The molecule has 0 radical (unpaired) electrons. The summed E-state index contributed by atoms with van der Waals surface area (Å²) >= 11 is 0. The van der Waals surface area contributed by atoms with E-state index in [0.29, 0.717) is 0 Å². The van der Waals surface area contributed by atoms with Crippen molar-refractivity contribution in [2.75, 3.05) is 23.3 Å². The van der Waals surface area contributed by atoms with Crippen molar-refractivity contribution in [3.63, 3.8) is 0 Å². The number of nitrogens with zero attached hydrogens (tertiary/aromatic N) is 2. The Morgan fingerprint density at radius 3 is 2.62 bits per heavy atom. The predicted molar refractivity (Wildman–Crippen MR) is 85.3 cm³/mol. The van der Waals surface area contributed by atoms with Gasteiger partial charge in [0.25, 0.3) is 0 Å². The second-order valence-corrected chi connectivity index (χ2v) is 4.92.